The highest BCUT2D eigenvalue weighted by molar-refractivity contribution is 9.10. The van der Waals surface area contributed by atoms with Gasteiger partial charge in [-0.3, -0.25) is 15.6 Å². The first-order chi connectivity index (χ1) is 13.6. The largest absolute Gasteiger partial charge is 0.497 e. The Kier molecular flexibility index (Phi) is 6.28. The molecule has 0 bridgehead atoms. The number of carbonyl (C=O) groups is 1. The summed E-state index contributed by atoms with van der Waals surface area (Å²) in [6.07, 6.45) is 1.36. The van der Waals surface area contributed by atoms with Crippen LogP contribution in [0.25, 0.3) is 0 Å². The van der Waals surface area contributed by atoms with Crippen LogP contribution in [0.15, 0.2) is 59.3 Å². The van der Waals surface area contributed by atoms with E-state index in [1.807, 2.05) is 24.3 Å². The molecule has 0 aliphatic rings. The van der Waals surface area contributed by atoms with Gasteiger partial charge in [-0.15, -0.1) is 0 Å². The zero-order valence-corrected chi connectivity index (χ0v) is 16.7. The minimum atomic E-state index is -0.307. The molecule has 0 saturated heterocycles. The van der Waals surface area contributed by atoms with E-state index in [2.05, 4.69) is 42.1 Å². The summed E-state index contributed by atoms with van der Waals surface area (Å²) in [7, 11) is 1.62. The van der Waals surface area contributed by atoms with Crippen LogP contribution < -0.4 is 26.6 Å². The Bertz CT molecular complexity index is 948. The molecule has 2 aromatic carbocycles. The SMILES string of the molecule is COc1ccc(CNc2ncnc(NNC(=O)c3ccc(Br)cc3)c2N)cc1. The lowest BCUT2D eigenvalue weighted by atomic mass is 10.2. The number of nitrogens with two attached hydrogens (primary N) is 1. The minimum Gasteiger partial charge on any atom is -0.497 e. The van der Waals surface area contributed by atoms with Crippen LogP contribution in [0, 0.1) is 0 Å². The van der Waals surface area contributed by atoms with E-state index in [1.165, 1.54) is 6.33 Å². The van der Waals surface area contributed by atoms with E-state index in [-0.39, 0.29) is 5.91 Å². The van der Waals surface area contributed by atoms with Crippen molar-refractivity contribution < 1.29 is 9.53 Å². The number of benzene rings is 2. The van der Waals surface area contributed by atoms with Crippen LogP contribution in [0.1, 0.15) is 15.9 Å². The van der Waals surface area contributed by atoms with Crippen molar-refractivity contribution in [3.05, 3.63) is 70.5 Å². The third kappa shape index (κ3) is 4.89. The van der Waals surface area contributed by atoms with Gasteiger partial charge in [0.2, 0.25) is 0 Å². The van der Waals surface area contributed by atoms with Crippen LogP contribution in [0.5, 0.6) is 5.75 Å². The topological polar surface area (TPSA) is 114 Å². The third-order valence-electron chi connectivity index (χ3n) is 3.90. The third-order valence-corrected chi connectivity index (χ3v) is 4.43. The first-order valence-corrected chi connectivity index (χ1v) is 9.15. The van der Waals surface area contributed by atoms with Gasteiger partial charge in [0, 0.05) is 16.6 Å². The Hall–Kier alpha value is -3.33. The fourth-order valence-corrected chi connectivity index (χ4v) is 2.62. The molecule has 0 unspecified atom stereocenters. The summed E-state index contributed by atoms with van der Waals surface area (Å²) in [5.74, 6) is 1.25. The molecule has 9 heteroatoms. The van der Waals surface area contributed by atoms with Crippen molar-refractivity contribution in [1.29, 1.82) is 0 Å². The molecule has 144 valence electrons. The number of hydrogen-bond acceptors (Lipinski definition) is 7. The number of ether oxygens (including phenoxy) is 1. The quantitative estimate of drug-likeness (QED) is 0.415. The lowest BCUT2D eigenvalue weighted by Gasteiger charge is -2.13. The normalized spacial score (nSPS) is 10.2. The van der Waals surface area contributed by atoms with Crippen molar-refractivity contribution >= 4 is 39.2 Å². The average molecular weight is 443 g/mol. The number of methoxy groups -OCH3 is 1. The lowest BCUT2D eigenvalue weighted by Crippen LogP contribution is -2.30. The number of hydrazine groups is 1. The van der Waals surface area contributed by atoms with Gasteiger partial charge in [0.25, 0.3) is 5.91 Å². The second-order valence-corrected chi connectivity index (χ2v) is 6.69. The molecule has 3 aromatic rings. The van der Waals surface area contributed by atoms with E-state index >= 15 is 0 Å². The van der Waals surface area contributed by atoms with E-state index in [1.54, 1.807) is 31.4 Å². The highest BCUT2D eigenvalue weighted by Crippen LogP contribution is 2.22. The zero-order chi connectivity index (χ0) is 19.9. The summed E-state index contributed by atoms with van der Waals surface area (Å²) < 4.78 is 6.04. The first kappa shape index (κ1) is 19.4. The number of rotatable bonds is 7. The number of amides is 1. The number of nitrogens with one attached hydrogen (secondary N) is 3. The van der Waals surface area contributed by atoms with E-state index in [9.17, 15) is 4.79 Å². The van der Waals surface area contributed by atoms with E-state index in [4.69, 9.17) is 10.5 Å². The predicted octanol–water partition coefficient (Wildman–Crippen LogP) is 3.20. The molecule has 0 saturated carbocycles. The summed E-state index contributed by atoms with van der Waals surface area (Å²) in [5.41, 5.74) is 13.3. The van der Waals surface area contributed by atoms with Gasteiger partial charge in [-0.2, -0.15) is 0 Å². The molecule has 0 aliphatic carbocycles. The number of anilines is 3. The van der Waals surface area contributed by atoms with Gasteiger partial charge in [0.05, 0.1) is 7.11 Å². The van der Waals surface area contributed by atoms with Crippen LogP contribution in [0.2, 0.25) is 0 Å². The maximum Gasteiger partial charge on any atom is 0.269 e. The van der Waals surface area contributed by atoms with Crippen molar-refractivity contribution in [2.75, 3.05) is 23.6 Å². The number of aromatic nitrogens is 2. The van der Waals surface area contributed by atoms with Crippen molar-refractivity contribution in [2.45, 2.75) is 6.54 Å². The molecule has 0 aliphatic heterocycles. The fraction of sp³-hybridized carbons (Fsp3) is 0.105. The highest BCUT2D eigenvalue weighted by Gasteiger charge is 2.10. The van der Waals surface area contributed by atoms with Crippen molar-refractivity contribution in [3.8, 4) is 5.75 Å². The second kappa shape index (κ2) is 9.05. The Morgan fingerprint density at radius 3 is 2.43 bits per heavy atom. The lowest BCUT2D eigenvalue weighted by molar-refractivity contribution is 0.0962. The predicted molar refractivity (Wildman–Crippen MR) is 112 cm³/mol. The van der Waals surface area contributed by atoms with Gasteiger partial charge < -0.3 is 15.8 Å². The van der Waals surface area contributed by atoms with E-state index < -0.39 is 0 Å². The number of hydrogen-bond donors (Lipinski definition) is 4. The summed E-state index contributed by atoms with van der Waals surface area (Å²) in [5, 5.41) is 3.16. The van der Waals surface area contributed by atoms with Crippen molar-refractivity contribution in [2.24, 2.45) is 0 Å². The van der Waals surface area contributed by atoms with Gasteiger partial charge in [0.1, 0.15) is 17.8 Å². The molecule has 0 radical (unpaired) electrons. The van der Waals surface area contributed by atoms with Crippen LogP contribution in [0.3, 0.4) is 0 Å². The first-order valence-electron chi connectivity index (χ1n) is 8.36. The maximum absolute atomic E-state index is 12.2. The number of nitrogens with zero attached hydrogens (tertiary/aromatic N) is 2. The molecular weight excluding hydrogens is 424 g/mol. The maximum atomic E-state index is 12.2. The van der Waals surface area contributed by atoms with Gasteiger partial charge >= 0.3 is 0 Å². The minimum absolute atomic E-state index is 0.298. The molecule has 1 amide bonds. The molecule has 28 heavy (non-hydrogen) atoms. The highest BCUT2D eigenvalue weighted by atomic mass is 79.9. The summed E-state index contributed by atoms with van der Waals surface area (Å²) in [6, 6.07) is 14.6. The fourth-order valence-electron chi connectivity index (χ4n) is 2.35. The molecular formula is C19H19BrN6O2. The van der Waals surface area contributed by atoms with Gasteiger partial charge in [-0.1, -0.05) is 28.1 Å². The number of nitrogen functional groups attached to an aromatic ring is 1. The van der Waals surface area contributed by atoms with E-state index in [0.717, 1.165) is 15.8 Å². The van der Waals surface area contributed by atoms with Crippen LogP contribution >= 0.6 is 15.9 Å². The molecule has 1 heterocycles. The molecule has 0 spiro atoms. The van der Waals surface area contributed by atoms with Gasteiger partial charge in [0.15, 0.2) is 11.6 Å². The second-order valence-electron chi connectivity index (χ2n) is 5.77. The molecule has 8 nitrogen and oxygen atoms in total. The molecule has 3 rings (SSSR count). The van der Waals surface area contributed by atoms with Crippen molar-refractivity contribution in [3.63, 3.8) is 0 Å². The Labute approximate surface area is 170 Å². The van der Waals surface area contributed by atoms with Gasteiger partial charge in [-0.25, -0.2) is 9.97 Å². The van der Waals surface area contributed by atoms with Crippen LogP contribution in [0.4, 0.5) is 17.3 Å². The summed E-state index contributed by atoms with van der Waals surface area (Å²) in [4.78, 5) is 20.4. The Morgan fingerprint density at radius 2 is 1.75 bits per heavy atom. The monoisotopic (exact) mass is 442 g/mol. The summed E-state index contributed by atoms with van der Waals surface area (Å²) in [6.45, 7) is 0.524. The summed E-state index contributed by atoms with van der Waals surface area (Å²) >= 11 is 3.33. The zero-order valence-electron chi connectivity index (χ0n) is 15.1. The van der Waals surface area contributed by atoms with Gasteiger partial charge in [-0.05, 0) is 42.0 Å². The molecule has 5 N–H and O–H groups in total. The molecule has 0 fully saturated rings. The Morgan fingerprint density at radius 1 is 1.07 bits per heavy atom. The standard InChI is InChI=1S/C19H19BrN6O2/c1-28-15-8-2-12(3-9-15)10-22-17-16(21)18(24-11-23-17)25-26-19(27)13-4-6-14(20)7-5-13/h2-9,11H,10,21H2,1H3,(H,26,27)(H2,22,23,24,25). The van der Waals surface area contributed by atoms with E-state index in [0.29, 0.717) is 29.4 Å². The Balaban J connectivity index is 1.61. The number of halogens is 1. The van der Waals surface area contributed by atoms with Crippen LogP contribution in [-0.2, 0) is 6.54 Å². The number of carbonyl (C=O) groups excluding carboxylic acids is 1. The molecule has 0 atom stereocenters. The average Bonchev–Trinajstić information content (AvgIpc) is 2.73. The van der Waals surface area contributed by atoms with Crippen LogP contribution in [-0.4, -0.2) is 23.0 Å². The van der Waals surface area contributed by atoms with Crippen molar-refractivity contribution in [1.82, 2.24) is 15.4 Å². The molecule has 1 aromatic heterocycles. The smallest absolute Gasteiger partial charge is 0.269 e.